The summed E-state index contributed by atoms with van der Waals surface area (Å²) in [5, 5.41) is 5.00. The minimum Gasteiger partial charge on any atom is -0.336 e. The van der Waals surface area contributed by atoms with E-state index in [4.69, 9.17) is 0 Å². The monoisotopic (exact) mass is 291 g/mol. The minimum absolute atomic E-state index is 0.00203. The number of hydrogen-bond donors (Lipinski definition) is 2. The molecule has 1 aromatic carbocycles. The van der Waals surface area contributed by atoms with Crippen molar-refractivity contribution in [2.75, 3.05) is 7.05 Å². The second-order valence-electron chi connectivity index (χ2n) is 5.63. The molecule has 5 heteroatoms. The fraction of sp³-hybridized carbons (Fsp3) is 0.500. The van der Waals surface area contributed by atoms with E-state index >= 15 is 0 Å². The van der Waals surface area contributed by atoms with Crippen LogP contribution in [0.2, 0.25) is 0 Å². The van der Waals surface area contributed by atoms with Crippen molar-refractivity contribution in [2.45, 2.75) is 46.3 Å². The molecule has 0 radical (unpaired) electrons. The second kappa shape index (κ2) is 7.78. The molecule has 0 aliphatic carbocycles. The zero-order chi connectivity index (χ0) is 16.0. The largest absolute Gasteiger partial charge is 0.336 e. The van der Waals surface area contributed by atoms with Crippen molar-refractivity contribution in [3.63, 3.8) is 0 Å². The number of nitrogens with zero attached hydrogens (tertiary/aromatic N) is 1. The Morgan fingerprint density at radius 3 is 2.38 bits per heavy atom. The van der Waals surface area contributed by atoms with Crippen LogP contribution in [0.3, 0.4) is 0 Å². The van der Waals surface area contributed by atoms with Gasteiger partial charge in [-0.2, -0.15) is 0 Å². The molecule has 0 unspecified atom stereocenters. The van der Waals surface area contributed by atoms with Gasteiger partial charge in [0, 0.05) is 12.6 Å². The van der Waals surface area contributed by atoms with Crippen LogP contribution in [0.4, 0.5) is 4.79 Å². The summed E-state index contributed by atoms with van der Waals surface area (Å²) in [6, 6.07) is 7.22. The molecule has 21 heavy (non-hydrogen) atoms. The van der Waals surface area contributed by atoms with Crippen LogP contribution in [0.1, 0.15) is 31.9 Å². The lowest BCUT2D eigenvalue weighted by Crippen LogP contribution is -2.49. The first-order valence-electron chi connectivity index (χ1n) is 7.17. The summed E-state index contributed by atoms with van der Waals surface area (Å²) in [5.41, 5.74) is 2.36. The van der Waals surface area contributed by atoms with E-state index < -0.39 is 6.03 Å². The molecule has 5 nitrogen and oxygen atoms in total. The maximum absolute atomic E-state index is 12.0. The highest BCUT2D eigenvalue weighted by Gasteiger charge is 2.20. The van der Waals surface area contributed by atoms with Gasteiger partial charge in [-0.25, -0.2) is 4.79 Å². The zero-order valence-electron chi connectivity index (χ0n) is 13.4. The van der Waals surface area contributed by atoms with E-state index in [-0.39, 0.29) is 18.0 Å². The number of urea groups is 1. The van der Waals surface area contributed by atoms with Crippen LogP contribution in [0.25, 0.3) is 0 Å². The Labute approximate surface area is 126 Å². The number of imide groups is 1. The van der Waals surface area contributed by atoms with Crippen LogP contribution in [-0.2, 0) is 11.3 Å². The molecule has 1 rings (SSSR count). The summed E-state index contributed by atoms with van der Waals surface area (Å²) in [5.74, 6) is -0.302. The van der Waals surface area contributed by atoms with Gasteiger partial charge < -0.3 is 5.32 Å². The molecular formula is C16H25N3O2. The summed E-state index contributed by atoms with van der Waals surface area (Å²) in [6.45, 7) is 8.18. The standard InChI is InChI=1S/C16H25N3O2/c1-11(2)17-16(21)18-15(20)13(4)19(5)10-14-9-7-6-8-12(14)3/h6-9,11,13H,10H2,1-5H3,(H2,17,18,20,21)/t13-/m1/s1. The molecule has 1 atom stereocenters. The van der Waals surface area contributed by atoms with Gasteiger partial charge in [0.25, 0.3) is 0 Å². The molecule has 0 aliphatic heterocycles. The van der Waals surface area contributed by atoms with Crippen LogP contribution >= 0.6 is 0 Å². The van der Waals surface area contributed by atoms with E-state index in [1.807, 2.05) is 57.0 Å². The summed E-state index contributed by atoms with van der Waals surface area (Å²) in [4.78, 5) is 25.5. The normalized spacial score (nSPS) is 12.3. The van der Waals surface area contributed by atoms with Gasteiger partial charge in [0.05, 0.1) is 6.04 Å². The smallest absolute Gasteiger partial charge is 0.321 e. The highest BCUT2D eigenvalue weighted by molar-refractivity contribution is 5.96. The van der Waals surface area contributed by atoms with Crippen molar-refractivity contribution in [1.82, 2.24) is 15.5 Å². The number of hydrogen-bond acceptors (Lipinski definition) is 3. The van der Waals surface area contributed by atoms with E-state index in [0.29, 0.717) is 6.54 Å². The predicted octanol–water partition coefficient (Wildman–Crippen LogP) is 2.05. The van der Waals surface area contributed by atoms with Crippen molar-refractivity contribution >= 4 is 11.9 Å². The van der Waals surface area contributed by atoms with Crippen LogP contribution < -0.4 is 10.6 Å². The summed E-state index contributed by atoms with van der Waals surface area (Å²) < 4.78 is 0. The van der Waals surface area contributed by atoms with Crippen molar-refractivity contribution in [3.05, 3.63) is 35.4 Å². The van der Waals surface area contributed by atoms with Gasteiger partial charge in [-0.1, -0.05) is 24.3 Å². The molecule has 2 N–H and O–H groups in total. The number of nitrogens with one attached hydrogen (secondary N) is 2. The molecule has 0 saturated carbocycles. The Morgan fingerprint density at radius 2 is 1.81 bits per heavy atom. The predicted molar refractivity (Wildman–Crippen MR) is 83.9 cm³/mol. The second-order valence-corrected chi connectivity index (χ2v) is 5.63. The lowest BCUT2D eigenvalue weighted by atomic mass is 10.1. The number of benzene rings is 1. The number of likely N-dealkylation sites (N-methyl/N-ethyl adjacent to an activating group) is 1. The van der Waals surface area contributed by atoms with Crippen LogP contribution in [0.5, 0.6) is 0 Å². The van der Waals surface area contributed by atoms with Gasteiger partial charge in [-0.15, -0.1) is 0 Å². The van der Waals surface area contributed by atoms with Crippen LogP contribution in [0, 0.1) is 6.92 Å². The van der Waals surface area contributed by atoms with Crippen molar-refractivity contribution in [3.8, 4) is 0 Å². The van der Waals surface area contributed by atoms with Gasteiger partial charge in [-0.3, -0.25) is 15.0 Å². The number of amides is 3. The Balaban J connectivity index is 2.57. The van der Waals surface area contributed by atoms with Crippen molar-refractivity contribution in [2.24, 2.45) is 0 Å². The lowest BCUT2D eigenvalue weighted by molar-refractivity contribution is -0.124. The molecule has 0 aliphatic rings. The molecule has 0 fully saturated rings. The molecule has 0 aromatic heterocycles. The van der Waals surface area contributed by atoms with Gasteiger partial charge in [0.2, 0.25) is 5.91 Å². The first-order valence-corrected chi connectivity index (χ1v) is 7.17. The third-order valence-electron chi connectivity index (χ3n) is 3.38. The maximum atomic E-state index is 12.0. The van der Waals surface area contributed by atoms with Gasteiger partial charge in [-0.05, 0) is 45.9 Å². The third kappa shape index (κ3) is 5.55. The van der Waals surface area contributed by atoms with E-state index in [1.165, 1.54) is 11.1 Å². The Hall–Kier alpha value is -1.88. The van der Waals surface area contributed by atoms with E-state index in [1.54, 1.807) is 6.92 Å². The minimum atomic E-state index is -0.453. The van der Waals surface area contributed by atoms with Gasteiger partial charge in [0.1, 0.15) is 0 Å². The van der Waals surface area contributed by atoms with Crippen LogP contribution in [-0.4, -0.2) is 36.0 Å². The molecule has 0 bridgehead atoms. The average molecular weight is 291 g/mol. The molecule has 0 heterocycles. The molecule has 0 saturated heterocycles. The molecule has 0 spiro atoms. The van der Waals surface area contributed by atoms with E-state index in [9.17, 15) is 9.59 Å². The molecule has 3 amide bonds. The fourth-order valence-corrected chi connectivity index (χ4v) is 1.91. The number of carbonyl (C=O) groups excluding carboxylic acids is 2. The zero-order valence-corrected chi connectivity index (χ0v) is 13.4. The van der Waals surface area contributed by atoms with Crippen LogP contribution in [0.15, 0.2) is 24.3 Å². The molecule has 116 valence electrons. The quantitative estimate of drug-likeness (QED) is 0.873. The average Bonchev–Trinajstić information content (AvgIpc) is 2.39. The summed E-state index contributed by atoms with van der Waals surface area (Å²) >= 11 is 0. The Kier molecular flexibility index (Phi) is 6.37. The SMILES string of the molecule is Cc1ccccc1CN(C)[C@H](C)C(=O)NC(=O)NC(C)C. The molecule has 1 aromatic rings. The first-order chi connectivity index (χ1) is 9.81. The lowest BCUT2D eigenvalue weighted by Gasteiger charge is -2.24. The highest BCUT2D eigenvalue weighted by atomic mass is 16.2. The van der Waals surface area contributed by atoms with Gasteiger partial charge in [0.15, 0.2) is 0 Å². The maximum Gasteiger partial charge on any atom is 0.321 e. The highest BCUT2D eigenvalue weighted by Crippen LogP contribution is 2.11. The Morgan fingerprint density at radius 1 is 1.19 bits per heavy atom. The van der Waals surface area contributed by atoms with Crippen molar-refractivity contribution in [1.29, 1.82) is 0 Å². The number of rotatable bonds is 5. The summed E-state index contributed by atoms with van der Waals surface area (Å²) in [7, 11) is 1.87. The first kappa shape index (κ1) is 17.2. The van der Waals surface area contributed by atoms with E-state index in [2.05, 4.69) is 10.6 Å². The number of aryl methyl sites for hydroxylation is 1. The third-order valence-corrected chi connectivity index (χ3v) is 3.38. The Bertz CT molecular complexity index is 500. The summed E-state index contributed by atoms with van der Waals surface area (Å²) in [6.07, 6.45) is 0. The topological polar surface area (TPSA) is 61.4 Å². The van der Waals surface area contributed by atoms with Gasteiger partial charge >= 0.3 is 6.03 Å². The molecular weight excluding hydrogens is 266 g/mol. The number of carbonyl (C=O) groups is 2. The fourth-order valence-electron chi connectivity index (χ4n) is 1.91. The van der Waals surface area contributed by atoms with E-state index in [0.717, 1.165) is 0 Å². The van der Waals surface area contributed by atoms with Crippen molar-refractivity contribution < 1.29 is 9.59 Å².